The summed E-state index contributed by atoms with van der Waals surface area (Å²) in [6.07, 6.45) is 29.1. The van der Waals surface area contributed by atoms with Crippen molar-refractivity contribution in [1.82, 2.24) is 5.32 Å². The van der Waals surface area contributed by atoms with Gasteiger partial charge in [0.15, 0.2) is 0 Å². The molecule has 0 radical (unpaired) electrons. The number of nitrogens with one attached hydrogen (secondary N) is 1. The Morgan fingerprint density at radius 1 is 0.633 bits per heavy atom. The normalized spacial score (nSPS) is 22.5. The first-order valence-corrected chi connectivity index (χ1v) is 20.8. The van der Waals surface area contributed by atoms with E-state index in [4.69, 9.17) is 4.74 Å². The Bertz CT molecular complexity index is 779. The second kappa shape index (κ2) is 31.7. The Labute approximate surface area is 300 Å². The number of aliphatic hydroxyl groups excluding tert-OH is 5. The van der Waals surface area contributed by atoms with E-state index in [0.717, 1.165) is 32.1 Å². The van der Waals surface area contributed by atoms with Crippen molar-refractivity contribution in [3.63, 3.8) is 0 Å². The molecule has 0 aromatic heterocycles. The number of amides is 1. The van der Waals surface area contributed by atoms with Gasteiger partial charge in [-0.1, -0.05) is 167 Å². The van der Waals surface area contributed by atoms with E-state index in [1.807, 2.05) is 6.08 Å². The number of carbonyl (C=O) groups is 1. The van der Waals surface area contributed by atoms with E-state index in [1.54, 1.807) is 6.08 Å². The summed E-state index contributed by atoms with van der Waals surface area (Å²) < 4.78 is 5.68. The van der Waals surface area contributed by atoms with Gasteiger partial charge in [-0.2, -0.15) is 0 Å². The van der Waals surface area contributed by atoms with Gasteiger partial charge in [-0.15, -0.1) is 0 Å². The van der Waals surface area contributed by atoms with Crippen LogP contribution in [0.2, 0.25) is 0 Å². The third-order valence-electron chi connectivity index (χ3n) is 10.3. The van der Waals surface area contributed by atoms with Crippen LogP contribution in [0.5, 0.6) is 0 Å². The van der Waals surface area contributed by atoms with Gasteiger partial charge in [0.1, 0.15) is 24.4 Å². The van der Waals surface area contributed by atoms with Gasteiger partial charge >= 0.3 is 0 Å². The summed E-state index contributed by atoms with van der Waals surface area (Å²) >= 11 is 0. The Morgan fingerprint density at radius 3 is 1.53 bits per heavy atom. The van der Waals surface area contributed by atoms with E-state index >= 15 is 0 Å². The van der Waals surface area contributed by atoms with Crippen molar-refractivity contribution in [2.45, 2.75) is 236 Å². The van der Waals surface area contributed by atoms with Crippen LogP contribution in [0.1, 0.15) is 194 Å². The summed E-state index contributed by atoms with van der Waals surface area (Å²) in [6.45, 7) is 4.03. The third kappa shape index (κ3) is 23.2. The molecule has 1 fully saturated rings. The van der Waals surface area contributed by atoms with Gasteiger partial charge in [-0.25, -0.2) is 0 Å². The lowest BCUT2D eigenvalue weighted by Gasteiger charge is -2.40. The quantitative estimate of drug-likeness (QED) is 0.0300. The number of ether oxygens (including phenoxy) is 1. The monoisotopic (exact) mass is 698 g/mol. The number of hydrogen-bond acceptors (Lipinski definition) is 7. The number of allylic oxidation sites excluding steroid dienone is 1. The van der Waals surface area contributed by atoms with Crippen LogP contribution in [-0.4, -0.2) is 80.7 Å². The van der Waals surface area contributed by atoms with Crippen LogP contribution >= 0.6 is 0 Å². The van der Waals surface area contributed by atoms with E-state index in [2.05, 4.69) is 19.2 Å². The molecule has 2 unspecified atom stereocenters. The van der Waals surface area contributed by atoms with Crippen LogP contribution in [0.25, 0.3) is 0 Å². The fraction of sp³-hybridized carbons (Fsp3) is 0.927. The van der Waals surface area contributed by atoms with Gasteiger partial charge in [0.25, 0.3) is 0 Å². The lowest BCUT2D eigenvalue weighted by atomic mass is 9.91. The van der Waals surface area contributed by atoms with Crippen molar-refractivity contribution in [2.75, 3.05) is 6.61 Å². The van der Waals surface area contributed by atoms with Crippen LogP contribution in [0.3, 0.4) is 0 Å². The van der Waals surface area contributed by atoms with Crippen LogP contribution < -0.4 is 5.32 Å². The number of aliphatic hydroxyl groups is 5. The first-order valence-electron chi connectivity index (χ1n) is 20.8. The van der Waals surface area contributed by atoms with E-state index in [-0.39, 0.29) is 12.3 Å². The SMILES string of the molecule is CCCCCCCCCCCCC/C=C/C(O)C(CC[C@H]1O[C@@H](CO)[C@@H](O)[C@@H](O)[C@@H]1O)NC(=O)CCCCCCCCCCCCCCC. The molecule has 8 heteroatoms. The number of carbonyl (C=O) groups excluding carboxylic acids is 1. The second-order valence-electron chi connectivity index (χ2n) is 14.9. The maximum Gasteiger partial charge on any atom is 0.220 e. The molecular weight excluding hydrogens is 618 g/mol. The highest BCUT2D eigenvalue weighted by atomic mass is 16.5. The highest BCUT2D eigenvalue weighted by Crippen LogP contribution is 2.25. The summed E-state index contributed by atoms with van der Waals surface area (Å²) in [4.78, 5) is 12.9. The summed E-state index contributed by atoms with van der Waals surface area (Å²) in [5.74, 6) is -0.0975. The zero-order chi connectivity index (χ0) is 36.0. The molecule has 1 aliphatic rings. The predicted octanol–water partition coefficient (Wildman–Crippen LogP) is 8.19. The van der Waals surface area contributed by atoms with Gasteiger partial charge in [0.05, 0.1) is 24.9 Å². The molecule has 1 aliphatic heterocycles. The van der Waals surface area contributed by atoms with Crippen LogP contribution in [0, 0.1) is 0 Å². The molecule has 1 amide bonds. The Morgan fingerprint density at radius 2 is 1.06 bits per heavy atom. The molecule has 290 valence electrons. The Hall–Kier alpha value is -1.03. The van der Waals surface area contributed by atoms with Gasteiger partial charge in [-0.05, 0) is 32.1 Å². The van der Waals surface area contributed by atoms with E-state index in [1.165, 1.54) is 128 Å². The fourth-order valence-electron chi connectivity index (χ4n) is 6.97. The van der Waals surface area contributed by atoms with Crippen LogP contribution in [-0.2, 0) is 9.53 Å². The van der Waals surface area contributed by atoms with Crippen molar-refractivity contribution in [3.8, 4) is 0 Å². The van der Waals surface area contributed by atoms with Crippen LogP contribution in [0.4, 0.5) is 0 Å². The lowest BCUT2D eigenvalue weighted by molar-refractivity contribution is -0.230. The molecule has 0 aromatic carbocycles. The van der Waals surface area contributed by atoms with Gasteiger partial charge in [0.2, 0.25) is 5.91 Å². The highest BCUT2D eigenvalue weighted by molar-refractivity contribution is 5.76. The molecule has 0 saturated carbocycles. The minimum atomic E-state index is -1.44. The zero-order valence-electron chi connectivity index (χ0n) is 31.8. The van der Waals surface area contributed by atoms with Crippen molar-refractivity contribution < 1.29 is 35.1 Å². The first-order chi connectivity index (χ1) is 23.8. The molecule has 1 rings (SSSR count). The molecule has 6 N–H and O–H groups in total. The molecule has 49 heavy (non-hydrogen) atoms. The molecule has 0 spiro atoms. The minimum absolute atomic E-state index is 0.0975. The summed E-state index contributed by atoms with van der Waals surface area (Å²) in [5, 5.41) is 54.5. The van der Waals surface area contributed by atoms with Crippen molar-refractivity contribution in [2.24, 2.45) is 0 Å². The lowest BCUT2D eigenvalue weighted by Crippen LogP contribution is -2.58. The maximum absolute atomic E-state index is 12.9. The minimum Gasteiger partial charge on any atom is -0.394 e. The molecule has 0 bridgehead atoms. The highest BCUT2D eigenvalue weighted by Gasteiger charge is 2.43. The zero-order valence-corrected chi connectivity index (χ0v) is 31.8. The van der Waals surface area contributed by atoms with Gasteiger partial charge < -0.3 is 35.6 Å². The largest absolute Gasteiger partial charge is 0.394 e. The molecular formula is C41H79NO7. The second-order valence-corrected chi connectivity index (χ2v) is 14.9. The number of unbranched alkanes of at least 4 members (excludes halogenated alkanes) is 23. The number of rotatable bonds is 33. The molecule has 8 nitrogen and oxygen atoms in total. The van der Waals surface area contributed by atoms with Crippen molar-refractivity contribution >= 4 is 5.91 Å². The van der Waals surface area contributed by atoms with E-state index in [0.29, 0.717) is 12.8 Å². The summed E-state index contributed by atoms with van der Waals surface area (Å²) in [6, 6.07) is -0.574. The van der Waals surface area contributed by atoms with Crippen molar-refractivity contribution in [1.29, 1.82) is 0 Å². The van der Waals surface area contributed by atoms with Crippen molar-refractivity contribution in [3.05, 3.63) is 12.2 Å². The summed E-state index contributed by atoms with van der Waals surface area (Å²) in [5.41, 5.74) is 0. The summed E-state index contributed by atoms with van der Waals surface area (Å²) in [7, 11) is 0. The molecule has 0 aliphatic carbocycles. The van der Waals surface area contributed by atoms with Gasteiger partial charge in [0, 0.05) is 6.42 Å². The van der Waals surface area contributed by atoms with E-state index < -0.39 is 49.3 Å². The molecule has 1 heterocycles. The third-order valence-corrected chi connectivity index (χ3v) is 10.3. The number of hydrogen-bond donors (Lipinski definition) is 6. The molecule has 0 aromatic rings. The Balaban J connectivity index is 2.43. The average molecular weight is 698 g/mol. The first kappa shape index (κ1) is 46.0. The molecule has 1 saturated heterocycles. The maximum atomic E-state index is 12.9. The smallest absolute Gasteiger partial charge is 0.220 e. The van der Waals surface area contributed by atoms with E-state index in [9.17, 15) is 30.3 Å². The van der Waals surface area contributed by atoms with Gasteiger partial charge in [-0.3, -0.25) is 4.79 Å². The van der Waals surface area contributed by atoms with Crippen LogP contribution in [0.15, 0.2) is 12.2 Å². The standard InChI is InChI=1S/C41H79NO7/c1-3-5-7-9-11-13-15-17-19-21-23-25-27-29-35(44)34(31-32-36-39(46)41(48)40(47)37(33-43)49-36)42-38(45)30-28-26-24-22-20-18-16-14-12-10-8-6-4-2/h27,29,34-37,39-41,43-44,46-48H,3-26,28,30-33H2,1-2H3,(H,42,45)/b29-27+/t34?,35?,36-,37+,39-,40-,41+/m1/s1. The topological polar surface area (TPSA) is 139 Å². The molecule has 7 atom stereocenters. The Kier molecular flexibility index (Phi) is 29.7. The average Bonchev–Trinajstić information content (AvgIpc) is 3.10. The fourth-order valence-corrected chi connectivity index (χ4v) is 6.97. The predicted molar refractivity (Wildman–Crippen MR) is 201 cm³/mol.